The Morgan fingerprint density at radius 1 is 1.12 bits per heavy atom. The van der Waals surface area contributed by atoms with Crippen LogP contribution in [0.3, 0.4) is 0 Å². The first-order chi connectivity index (χ1) is 11.7. The van der Waals surface area contributed by atoms with Crippen LogP contribution in [0, 0.1) is 11.7 Å². The van der Waals surface area contributed by atoms with Crippen molar-refractivity contribution in [3.63, 3.8) is 0 Å². The van der Waals surface area contributed by atoms with Gasteiger partial charge < -0.3 is 9.47 Å². The highest BCUT2D eigenvalue weighted by atomic mass is 19.1. The van der Waals surface area contributed by atoms with Crippen molar-refractivity contribution < 1.29 is 9.18 Å². The molecule has 0 bridgehead atoms. The van der Waals surface area contributed by atoms with Gasteiger partial charge >= 0.3 is 0 Å². The maximum absolute atomic E-state index is 13.0. The van der Waals surface area contributed by atoms with E-state index in [-0.39, 0.29) is 11.7 Å². The number of carbonyl (C=O) groups is 1. The zero-order valence-electron chi connectivity index (χ0n) is 13.7. The average Bonchev–Trinajstić information content (AvgIpc) is 3.30. The van der Waals surface area contributed by atoms with Gasteiger partial charge in [-0.1, -0.05) is 0 Å². The molecule has 2 heterocycles. The second-order valence-corrected chi connectivity index (χ2v) is 6.95. The Morgan fingerprint density at radius 3 is 2.50 bits per heavy atom. The lowest BCUT2D eigenvalue weighted by atomic mass is 9.95. The van der Waals surface area contributed by atoms with E-state index >= 15 is 0 Å². The zero-order chi connectivity index (χ0) is 16.5. The van der Waals surface area contributed by atoms with Gasteiger partial charge in [0.1, 0.15) is 11.6 Å². The van der Waals surface area contributed by atoms with Crippen LogP contribution in [0.25, 0.3) is 0 Å². The average molecular weight is 327 g/mol. The van der Waals surface area contributed by atoms with E-state index in [1.54, 1.807) is 12.1 Å². The van der Waals surface area contributed by atoms with E-state index in [0.29, 0.717) is 11.5 Å². The third-order valence-electron chi connectivity index (χ3n) is 5.14. The lowest BCUT2D eigenvalue weighted by Gasteiger charge is -2.32. The Morgan fingerprint density at radius 2 is 1.83 bits per heavy atom. The number of amides is 1. The SMILES string of the molecule is O=C(c1ccc(F)cc1)N1CCC(c2nccn2CC2CC2)CC1. The van der Waals surface area contributed by atoms with Crippen molar-refractivity contribution in [3.05, 3.63) is 53.9 Å². The van der Waals surface area contributed by atoms with Crippen molar-refractivity contribution in [2.24, 2.45) is 5.92 Å². The number of halogens is 1. The van der Waals surface area contributed by atoms with Crippen LogP contribution in [0.1, 0.15) is 47.8 Å². The van der Waals surface area contributed by atoms with Gasteiger partial charge in [0.15, 0.2) is 0 Å². The van der Waals surface area contributed by atoms with E-state index in [9.17, 15) is 9.18 Å². The highest BCUT2D eigenvalue weighted by Crippen LogP contribution is 2.33. The van der Waals surface area contributed by atoms with Crippen molar-refractivity contribution in [2.75, 3.05) is 13.1 Å². The Labute approximate surface area is 141 Å². The molecule has 4 rings (SSSR count). The largest absolute Gasteiger partial charge is 0.339 e. The Hall–Kier alpha value is -2.17. The Balaban J connectivity index is 1.38. The lowest BCUT2D eigenvalue weighted by Crippen LogP contribution is -2.38. The van der Waals surface area contributed by atoms with Crippen molar-refractivity contribution in [1.82, 2.24) is 14.5 Å². The molecule has 1 aromatic carbocycles. The van der Waals surface area contributed by atoms with Gasteiger partial charge in [-0.15, -0.1) is 0 Å². The molecule has 2 aliphatic rings. The molecule has 0 atom stereocenters. The summed E-state index contributed by atoms with van der Waals surface area (Å²) in [6, 6.07) is 5.81. The molecule has 1 amide bonds. The van der Waals surface area contributed by atoms with Crippen molar-refractivity contribution >= 4 is 5.91 Å². The lowest BCUT2D eigenvalue weighted by molar-refractivity contribution is 0.0710. The number of aromatic nitrogens is 2. The topological polar surface area (TPSA) is 38.1 Å². The van der Waals surface area contributed by atoms with Crippen LogP contribution in [-0.2, 0) is 6.54 Å². The fraction of sp³-hybridized carbons (Fsp3) is 0.474. The van der Waals surface area contributed by atoms with Crippen LogP contribution < -0.4 is 0 Å². The summed E-state index contributed by atoms with van der Waals surface area (Å²) in [5, 5.41) is 0. The predicted octanol–water partition coefficient (Wildman–Crippen LogP) is 3.45. The zero-order valence-corrected chi connectivity index (χ0v) is 13.7. The van der Waals surface area contributed by atoms with E-state index in [1.807, 2.05) is 11.1 Å². The molecule has 1 aliphatic carbocycles. The molecule has 24 heavy (non-hydrogen) atoms. The van der Waals surface area contributed by atoms with Gasteiger partial charge in [-0.2, -0.15) is 0 Å². The monoisotopic (exact) mass is 327 g/mol. The molecule has 1 saturated heterocycles. The summed E-state index contributed by atoms with van der Waals surface area (Å²) in [5.74, 6) is 2.12. The summed E-state index contributed by atoms with van der Waals surface area (Å²) in [6.07, 6.45) is 8.53. The number of carbonyl (C=O) groups excluding carboxylic acids is 1. The number of likely N-dealkylation sites (tertiary alicyclic amines) is 1. The number of rotatable bonds is 4. The Bertz CT molecular complexity index is 712. The molecule has 0 N–H and O–H groups in total. The first-order valence-electron chi connectivity index (χ1n) is 8.76. The molecular weight excluding hydrogens is 305 g/mol. The summed E-state index contributed by atoms with van der Waals surface area (Å²) in [7, 11) is 0. The molecule has 0 unspecified atom stereocenters. The summed E-state index contributed by atoms with van der Waals surface area (Å²) in [4.78, 5) is 19.0. The van der Waals surface area contributed by atoms with Crippen LogP contribution in [0.2, 0.25) is 0 Å². The predicted molar refractivity (Wildman–Crippen MR) is 89.2 cm³/mol. The second-order valence-electron chi connectivity index (χ2n) is 6.95. The number of benzene rings is 1. The quantitative estimate of drug-likeness (QED) is 0.862. The minimum absolute atomic E-state index is 0.00484. The van der Waals surface area contributed by atoms with Crippen LogP contribution in [0.15, 0.2) is 36.7 Å². The van der Waals surface area contributed by atoms with E-state index in [0.717, 1.165) is 38.4 Å². The first-order valence-corrected chi connectivity index (χ1v) is 8.76. The molecule has 0 radical (unpaired) electrons. The van der Waals surface area contributed by atoms with E-state index in [4.69, 9.17) is 0 Å². The van der Waals surface area contributed by atoms with Gasteiger partial charge in [0.25, 0.3) is 5.91 Å². The third kappa shape index (κ3) is 3.21. The second kappa shape index (κ2) is 6.38. The van der Waals surface area contributed by atoms with Crippen LogP contribution in [0.4, 0.5) is 4.39 Å². The third-order valence-corrected chi connectivity index (χ3v) is 5.14. The molecular formula is C19H22FN3O. The smallest absolute Gasteiger partial charge is 0.253 e. The molecule has 4 nitrogen and oxygen atoms in total. The maximum Gasteiger partial charge on any atom is 0.253 e. The first kappa shape index (κ1) is 15.4. The van der Waals surface area contributed by atoms with E-state index < -0.39 is 0 Å². The maximum atomic E-state index is 13.0. The summed E-state index contributed by atoms with van der Waals surface area (Å²) >= 11 is 0. The van der Waals surface area contributed by atoms with Crippen molar-refractivity contribution in [3.8, 4) is 0 Å². The fourth-order valence-electron chi connectivity index (χ4n) is 3.53. The molecule has 5 heteroatoms. The minimum atomic E-state index is -0.312. The van der Waals surface area contributed by atoms with Crippen molar-refractivity contribution in [1.29, 1.82) is 0 Å². The molecule has 1 saturated carbocycles. The molecule has 2 fully saturated rings. The number of imidazole rings is 1. The van der Waals surface area contributed by atoms with E-state index in [1.165, 1.54) is 30.8 Å². The van der Waals surface area contributed by atoms with Gasteiger partial charge in [-0.25, -0.2) is 9.37 Å². The van der Waals surface area contributed by atoms with Crippen LogP contribution in [-0.4, -0.2) is 33.4 Å². The molecule has 1 aliphatic heterocycles. The normalized spacial score (nSPS) is 18.8. The molecule has 1 aromatic heterocycles. The van der Waals surface area contributed by atoms with Gasteiger partial charge in [0, 0.05) is 43.5 Å². The highest BCUT2D eigenvalue weighted by Gasteiger charge is 2.28. The molecule has 126 valence electrons. The summed E-state index contributed by atoms with van der Waals surface area (Å²) < 4.78 is 15.3. The van der Waals surface area contributed by atoms with Crippen LogP contribution >= 0.6 is 0 Å². The molecule has 2 aromatic rings. The van der Waals surface area contributed by atoms with Gasteiger partial charge in [0.05, 0.1) is 0 Å². The van der Waals surface area contributed by atoms with Gasteiger partial charge in [-0.3, -0.25) is 4.79 Å². The highest BCUT2D eigenvalue weighted by molar-refractivity contribution is 5.94. The van der Waals surface area contributed by atoms with E-state index in [2.05, 4.69) is 15.7 Å². The Kier molecular flexibility index (Phi) is 4.08. The summed E-state index contributed by atoms with van der Waals surface area (Å²) in [6.45, 7) is 2.55. The van der Waals surface area contributed by atoms with Crippen LogP contribution in [0.5, 0.6) is 0 Å². The number of hydrogen-bond acceptors (Lipinski definition) is 2. The number of hydrogen-bond donors (Lipinski definition) is 0. The number of nitrogens with zero attached hydrogens (tertiary/aromatic N) is 3. The van der Waals surface area contributed by atoms with Gasteiger partial charge in [-0.05, 0) is 55.9 Å². The van der Waals surface area contributed by atoms with Crippen molar-refractivity contribution in [2.45, 2.75) is 38.1 Å². The standard InChI is InChI=1S/C19H22FN3O/c20-17-5-3-16(4-6-17)19(24)22-10-7-15(8-11-22)18-21-9-12-23(18)13-14-1-2-14/h3-6,9,12,14-15H,1-2,7-8,10-11,13H2. The number of piperidine rings is 1. The minimum Gasteiger partial charge on any atom is -0.339 e. The van der Waals surface area contributed by atoms with Gasteiger partial charge in [0.2, 0.25) is 0 Å². The fourth-order valence-corrected chi connectivity index (χ4v) is 3.53. The molecule has 0 spiro atoms. The summed E-state index contributed by atoms with van der Waals surface area (Å²) in [5.41, 5.74) is 0.560.